The normalized spacial score (nSPS) is 24.8. The van der Waals surface area contributed by atoms with Crippen LogP contribution in [0.2, 0.25) is 0 Å². The fourth-order valence-corrected chi connectivity index (χ4v) is 8.07. The molecule has 44 heavy (non-hydrogen) atoms. The van der Waals surface area contributed by atoms with Crippen molar-refractivity contribution in [2.45, 2.75) is 94.7 Å². The van der Waals surface area contributed by atoms with E-state index in [2.05, 4.69) is 26.4 Å². The molecule has 3 aliphatic carbocycles. The van der Waals surface area contributed by atoms with Gasteiger partial charge < -0.3 is 26.2 Å². The Morgan fingerprint density at radius 2 is 1.68 bits per heavy atom. The van der Waals surface area contributed by atoms with Crippen molar-refractivity contribution in [2.75, 3.05) is 18.9 Å². The smallest absolute Gasteiger partial charge is 0.318 e. The van der Waals surface area contributed by atoms with Crippen LogP contribution in [0.25, 0.3) is 0 Å². The average Bonchev–Trinajstić information content (AvgIpc) is 3.76. The van der Waals surface area contributed by atoms with E-state index in [1.807, 2.05) is 18.2 Å². The van der Waals surface area contributed by atoms with Crippen LogP contribution in [0, 0.1) is 11.8 Å². The summed E-state index contributed by atoms with van der Waals surface area (Å²) in [6, 6.07) is 6.57. The maximum absolute atomic E-state index is 13.7. The molecule has 0 bridgehead atoms. The number of amides is 5. The Morgan fingerprint density at radius 3 is 2.36 bits per heavy atom. The maximum atomic E-state index is 13.7. The van der Waals surface area contributed by atoms with E-state index in [4.69, 9.17) is 0 Å². The second-order valence-electron chi connectivity index (χ2n) is 13.2. The molecule has 1 saturated heterocycles. The molecule has 1 aliphatic heterocycles. The number of nitrogens with one attached hydrogen (secondary N) is 4. The van der Waals surface area contributed by atoms with E-state index in [1.54, 1.807) is 31.3 Å². The molecule has 0 spiro atoms. The lowest BCUT2D eigenvalue weighted by Crippen LogP contribution is -2.60. The van der Waals surface area contributed by atoms with Crippen LogP contribution in [0.3, 0.4) is 0 Å². The standard InChI is InChI=1S/C33H45N7O4/c1-34-31(43)33(40-20-26(37-32(40)44)21-9-5-3-6-10-21)18-23-13-14-25(17-24(23)19-33)36-30(42)28(22-11-7-4-8-12-22)38-29(41)27-15-16-35-39(27)2/h13-17,21-22,26,28H,3-12,18-20H2,1-2H3,(H,34,43)(H,36,42)(H,37,44)(H,38,41)/t26-,28-,33?/m0/s1. The Balaban J connectivity index is 1.19. The second kappa shape index (κ2) is 12.6. The molecule has 4 aliphatic rings. The zero-order valence-corrected chi connectivity index (χ0v) is 25.9. The summed E-state index contributed by atoms with van der Waals surface area (Å²) in [5.74, 6) is -0.260. The Morgan fingerprint density at radius 1 is 0.977 bits per heavy atom. The molecule has 6 rings (SSSR count). The quantitative estimate of drug-likeness (QED) is 0.367. The van der Waals surface area contributed by atoms with Gasteiger partial charge >= 0.3 is 6.03 Å². The molecule has 11 nitrogen and oxygen atoms in total. The molecule has 2 saturated carbocycles. The van der Waals surface area contributed by atoms with Crippen molar-refractivity contribution in [3.63, 3.8) is 0 Å². The van der Waals surface area contributed by atoms with E-state index >= 15 is 0 Å². The highest BCUT2D eigenvalue weighted by Gasteiger charge is 2.53. The van der Waals surface area contributed by atoms with Crippen molar-refractivity contribution < 1.29 is 19.2 Å². The summed E-state index contributed by atoms with van der Waals surface area (Å²) < 4.78 is 1.50. The predicted molar refractivity (Wildman–Crippen MR) is 166 cm³/mol. The molecule has 5 amide bonds. The first kappa shape index (κ1) is 30.1. The van der Waals surface area contributed by atoms with Crippen molar-refractivity contribution in [3.8, 4) is 0 Å². The highest BCUT2D eigenvalue weighted by Crippen LogP contribution is 2.39. The van der Waals surface area contributed by atoms with Crippen LogP contribution in [0.1, 0.15) is 85.8 Å². The Kier molecular flexibility index (Phi) is 8.64. The molecule has 236 valence electrons. The number of aromatic nitrogens is 2. The van der Waals surface area contributed by atoms with E-state index in [0.717, 1.165) is 56.1 Å². The maximum Gasteiger partial charge on any atom is 0.318 e. The van der Waals surface area contributed by atoms with E-state index in [-0.39, 0.29) is 35.7 Å². The van der Waals surface area contributed by atoms with Gasteiger partial charge in [0.1, 0.15) is 17.3 Å². The molecule has 2 heterocycles. The van der Waals surface area contributed by atoms with Gasteiger partial charge in [-0.15, -0.1) is 0 Å². The third-order valence-corrected chi connectivity index (χ3v) is 10.5. The zero-order chi connectivity index (χ0) is 30.8. The first-order valence-corrected chi connectivity index (χ1v) is 16.3. The summed E-state index contributed by atoms with van der Waals surface area (Å²) in [4.78, 5) is 55.5. The number of fused-ring (bicyclic) bond motifs is 1. The number of benzene rings is 1. The van der Waals surface area contributed by atoms with Crippen LogP contribution in [0.4, 0.5) is 10.5 Å². The molecule has 1 aromatic heterocycles. The topological polar surface area (TPSA) is 137 Å². The Hall–Kier alpha value is -3.89. The molecule has 3 fully saturated rings. The minimum atomic E-state index is -1.02. The molecule has 2 aromatic rings. The summed E-state index contributed by atoms with van der Waals surface area (Å²) in [5, 5.41) is 16.2. The summed E-state index contributed by atoms with van der Waals surface area (Å²) >= 11 is 0. The van der Waals surface area contributed by atoms with Crippen LogP contribution >= 0.6 is 0 Å². The minimum Gasteiger partial charge on any atom is -0.357 e. The number of urea groups is 1. The van der Waals surface area contributed by atoms with Crippen molar-refractivity contribution in [2.24, 2.45) is 18.9 Å². The fraction of sp³-hybridized carbons (Fsp3) is 0.606. The molecular weight excluding hydrogens is 558 g/mol. The number of aryl methyl sites for hydroxylation is 1. The van der Waals surface area contributed by atoms with Gasteiger partial charge in [0.2, 0.25) is 11.8 Å². The van der Waals surface area contributed by atoms with Gasteiger partial charge in [0.15, 0.2) is 0 Å². The lowest BCUT2D eigenvalue weighted by atomic mass is 9.83. The number of hydrogen-bond acceptors (Lipinski definition) is 5. The van der Waals surface area contributed by atoms with Gasteiger partial charge in [-0.05, 0) is 66.8 Å². The van der Waals surface area contributed by atoms with Crippen molar-refractivity contribution in [1.29, 1.82) is 0 Å². The number of rotatable bonds is 8. The van der Waals surface area contributed by atoms with E-state index in [0.29, 0.717) is 36.7 Å². The first-order valence-electron chi connectivity index (χ1n) is 16.3. The number of anilines is 1. The van der Waals surface area contributed by atoms with Gasteiger partial charge in [-0.3, -0.25) is 19.1 Å². The first-order chi connectivity index (χ1) is 21.3. The SMILES string of the molecule is CNC(=O)C1(N2C[C@@H](C3CCCCC3)NC2=O)Cc2ccc(NC(=O)[C@@H](NC(=O)c3ccnn3C)C3CCCCC3)cc2C1. The van der Waals surface area contributed by atoms with Crippen LogP contribution in [-0.4, -0.2) is 69.6 Å². The molecule has 4 N–H and O–H groups in total. The van der Waals surface area contributed by atoms with Crippen molar-refractivity contribution >= 4 is 29.4 Å². The summed E-state index contributed by atoms with van der Waals surface area (Å²) in [5.41, 5.74) is 1.93. The number of nitrogens with zero attached hydrogens (tertiary/aromatic N) is 3. The van der Waals surface area contributed by atoms with E-state index in [9.17, 15) is 19.2 Å². The predicted octanol–water partition coefficient (Wildman–Crippen LogP) is 3.30. The van der Waals surface area contributed by atoms with Crippen LogP contribution < -0.4 is 21.3 Å². The summed E-state index contributed by atoms with van der Waals surface area (Å²) in [6.45, 7) is 0.522. The monoisotopic (exact) mass is 603 g/mol. The van der Waals surface area contributed by atoms with Gasteiger partial charge in [-0.2, -0.15) is 5.10 Å². The second-order valence-corrected chi connectivity index (χ2v) is 13.2. The van der Waals surface area contributed by atoms with Gasteiger partial charge in [-0.1, -0.05) is 44.6 Å². The lowest BCUT2D eigenvalue weighted by Gasteiger charge is -2.36. The Labute approximate surface area is 258 Å². The number of carbonyl (C=O) groups is 4. The highest BCUT2D eigenvalue weighted by atomic mass is 16.2. The summed E-state index contributed by atoms with van der Waals surface area (Å²) in [7, 11) is 3.33. The number of likely N-dealkylation sites (N-methyl/N-ethyl adjacent to an activating group) is 1. The fourth-order valence-electron chi connectivity index (χ4n) is 8.07. The zero-order valence-electron chi connectivity index (χ0n) is 25.9. The average molecular weight is 604 g/mol. The van der Waals surface area contributed by atoms with Crippen molar-refractivity contribution in [3.05, 3.63) is 47.3 Å². The van der Waals surface area contributed by atoms with Gasteiger partial charge in [0, 0.05) is 45.4 Å². The molecular formula is C33H45N7O4. The minimum absolute atomic E-state index is 0.0436. The van der Waals surface area contributed by atoms with Crippen LogP contribution in [0.5, 0.6) is 0 Å². The third-order valence-electron chi connectivity index (χ3n) is 10.5. The molecule has 1 aromatic carbocycles. The number of carbonyl (C=O) groups excluding carboxylic acids is 4. The molecule has 0 radical (unpaired) electrons. The summed E-state index contributed by atoms with van der Waals surface area (Å²) in [6.07, 6.45) is 13.2. The van der Waals surface area contributed by atoms with Crippen LogP contribution in [0.15, 0.2) is 30.5 Å². The largest absolute Gasteiger partial charge is 0.357 e. The van der Waals surface area contributed by atoms with E-state index < -0.39 is 11.6 Å². The van der Waals surface area contributed by atoms with Crippen molar-refractivity contribution in [1.82, 2.24) is 30.6 Å². The van der Waals surface area contributed by atoms with E-state index in [1.165, 1.54) is 23.9 Å². The molecule has 11 heteroatoms. The number of hydrogen-bond donors (Lipinski definition) is 4. The lowest BCUT2D eigenvalue weighted by molar-refractivity contribution is -0.130. The molecule has 1 unspecified atom stereocenters. The van der Waals surface area contributed by atoms with Crippen LogP contribution in [-0.2, 0) is 29.5 Å². The third kappa shape index (κ3) is 5.80. The van der Waals surface area contributed by atoms with Gasteiger partial charge in [-0.25, -0.2) is 4.79 Å². The molecule has 3 atom stereocenters. The Bertz CT molecular complexity index is 1410. The highest BCUT2D eigenvalue weighted by molar-refractivity contribution is 6.01. The van der Waals surface area contributed by atoms with Gasteiger partial charge in [0.25, 0.3) is 5.91 Å². The van der Waals surface area contributed by atoms with Gasteiger partial charge in [0.05, 0.1) is 6.04 Å².